The van der Waals surface area contributed by atoms with Crippen LogP contribution in [0.4, 0.5) is 5.69 Å². The van der Waals surface area contributed by atoms with Gasteiger partial charge in [0.25, 0.3) is 0 Å². The summed E-state index contributed by atoms with van der Waals surface area (Å²) in [4.78, 5) is 11.8. The third-order valence-corrected chi connectivity index (χ3v) is 5.40. The fraction of sp³-hybridized carbons (Fsp3) is 0.733. The zero-order chi connectivity index (χ0) is 14.9. The molecule has 1 saturated heterocycles. The van der Waals surface area contributed by atoms with Gasteiger partial charge in [0.1, 0.15) is 6.54 Å². The van der Waals surface area contributed by atoms with E-state index in [0.29, 0.717) is 24.0 Å². The first-order valence-electron chi connectivity index (χ1n) is 7.69. The number of anilines is 1. The van der Waals surface area contributed by atoms with Crippen molar-refractivity contribution in [1.29, 1.82) is 0 Å². The Kier molecular flexibility index (Phi) is 4.15. The van der Waals surface area contributed by atoms with E-state index in [4.69, 9.17) is 0 Å². The lowest BCUT2D eigenvalue weighted by Gasteiger charge is -2.38. The number of nitrogens with one attached hydrogen (secondary N) is 2. The summed E-state index contributed by atoms with van der Waals surface area (Å²) in [5.74, 6) is 2.42. The van der Waals surface area contributed by atoms with Crippen LogP contribution in [0.15, 0.2) is 12.4 Å². The molecule has 2 N–H and O–H groups in total. The van der Waals surface area contributed by atoms with Gasteiger partial charge in [-0.05, 0) is 30.4 Å². The molecular formula is C15H24N4OS. The van der Waals surface area contributed by atoms with Crippen molar-refractivity contribution in [3.05, 3.63) is 12.4 Å². The molecule has 1 unspecified atom stereocenters. The van der Waals surface area contributed by atoms with Crippen LogP contribution in [0.3, 0.4) is 0 Å². The summed E-state index contributed by atoms with van der Waals surface area (Å²) in [6.45, 7) is 4.94. The SMILES string of the molecule is CC1(C)CCSCC1Nc1cnn(CC(=O)NC2CC2)c1. The van der Waals surface area contributed by atoms with Crippen molar-refractivity contribution >= 4 is 23.4 Å². The van der Waals surface area contributed by atoms with Crippen molar-refractivity contribution in [2.75, 3.05) is 16.8 Å². The van der Waals surface area contributed by atoms with Crippen molar-refractivity contribution in [2.24, 2.45) is 5.41 Å². The number of nitrogens with zero attached hydrogens (tertiary/aromatic N) is 2. The van der Waals surface area contributed by atoms with E-state index < -0.39 is 0 Å². The van der Waals surface area contributed by atoms with Crippen LogP contribution in [0.2, 0.25) is 0 Å². The molecule has 0 aromatic carbocycles. The fourth-order valence-corrected chi connectivity index (χ4v) is 4.15. The molecule has 2 aliphatic rings. The first-order chi connectivity index (χ1) is 10.0. The van der Waals surface area contributed by atoms with E-state index in [0.717, 1.165) is 24.3 Å². The fourth-order valence-electron chi connectivity index (χ4n) is 2.55. The van der Waals surface area contributed by atoms with Crippen LogP contribution >= 0.6 is 11.8 Å². The molecule has 1 aliphatic carbocycles. The Hall–Kier alpha value is -1.17. The maximum atomic E-state index is 11.8. The lowest BCUT2D eigenvalue weighted by molar-refractivity contribution is -0.122. The van der Waals surface area contributed by atoms with Crippen molar-refractivity contribution < 1.29 is 4.79 Å². The molecule has 1 aromatic rings. The van der Waals surface area contributed by atoms with Gasteiger partial charge in [-0.2, -0.15) is 16.9 Å². The third kappa shape index (κ3) is 3.93. The molecule has 21 heavy (non-hydrogen) atoms. The van der Waals surface area contributed by atoms with Gasteiger partial charge in [0, 0.05) is 24.0 Å². The Bertz CT molecular complexity index is 510. The molecule has 0 bridgehead atoms. The molecule has 1 atom stereocenters. The lowest BCUT2D eigenvalue weighted by Crippen LogP contribution is -2.41. The highest BCUT2D eigenvalue weighted by atomic mass is 32.2. The van der Waals surface area contributed by atoms with E-state index >= 15 is 0 Å². The van der Waals surface area contributed by atoms with Crippen molar-refractivity contribution in [1.82, 2.24) is 15.1 Å². The number of aromatic nitrogens is 2. The Morgan fingerprint density at radius 1 is 1.52 bits per heavy atom. The zero-order valence-electron chi connectivity index (χ0n) is 12.8. The number of hydrogen-bond donors (Lipinski definition) is 2. The number of carbonyl (C=O) groups is 1. The van der Waals surface area contributed by atoms with Crippen LogP contribution in [-0.2, 0) is 11.3 Å². The highest BCUT2D eigenvalue weighted by Gasteiger charge is 2.32. The molecule has 0 radical (unpaired) electrons. The van der Waals surface area contributed by atoms with Crippen LogP contribution in [-0.4, -0.2) is 39.3 Å². The smallest absolute Gasteiger partial charge is 0.241 e. The molecule has 6 heteroatoms. The second-order valence-corrected chi connectivity index (χ2v) is 7.93. The van der Waals surface area contributed by atoms with E-state index in [1.807, 2.05) is 24.2 Å². The quantitative estimate of drug-likeness (QED) is 0.874. The largest absolute Gasteiger partial charge is 0.378 e. The second-order valence-electron chi connectivity index (χ2n) is 6.78. The molecule has 1 saturated carbocycles. The van der Waals surface area contributed by atoms with Crippen LogP contribution in [0.5, 0.6) is 0 Å². The van der Waals surface area contributed by atoms with Crippen molar-refractivity contribution in [2.45, 2.75) is 51.7 Å². The van der Waals surface area contributed by atoms with Gasteiger partial charge in [-0.25, -0.2) is 0 Å². The summed E-state index contributed by atoms with van der Waals surface area (Å²) in [6, 6.07) is 0.861. The van der Waals surface area contributed by atoms with Gasteiger partial charge in [0.05, 0.1) is 11.9 Å². The zero-order valence-corrected chi connectivity index (χ0v) is 13.6. The van der Waals surface area contributed by atoms with E-state index in [-0.39, 0.29) is 5.91 Å². The summed E-state index contributed by atoms with van der Waals surface area (Å²) in [5, 5.41) is 10.8. The maximum Gasteiger partial charge on any atom is 0.241 e. The number of amides is 1. The van der Waals surface area contributed by atoms with Gasteiger partial charge in [-0.1, -0.05) is 13.8 Å². The Labute approximate surface area is 130 Å². The van der Waals surface area contributed by atoms with Gasteiger partial charge in [0.15, 0.2) is 0 Å². The number of carbonyl (C=O) groups excluding carboxylic acids is 1. The number of hydrogen-bond acceptors (Lipinski definition) is 4. The molecule has 116 valence electrons. The maximum absolute atomic E-state index is 11.8. The monoisotopic (exact) mass is 308 g/mol. The summed E-state index contributed by atoms with van der Waals surface area (Å²) in [6.07, 6.45) is 7.22. The van der Waals surface area contributed by atoms with Gasteiger partial charge in [-0.3, -0.25) is 9.48 Å². The van der Waals surface area contributed by atoms with Crippen LogP contribution in [0.1, 0.15) is 33.1 Å². The third-order valence-electron chi connectivity index (χ3n) is 4.34. The minimum Gasteiger partial charge on any atom is -0.378 e. The predicted molar refractivity (Wildman–Crippen MR) is 86.5 cm³/mol. The standard InChI is InChI=1S/C15H24N4OS/c1-15(2)5-6-21-10-13(15)17-12-7-16-19(8-12)9-14(20)18-11-3-4-11/h7-8,11,13,17H,3-6,9-10H2,1-2H3,(H,18,20). The first kappa shape index (κ1) is 14.8. The molecular weight excluding hydrogens is 284 g/mol. The minimum atomic E-state index is 0.0562. The van der Waals surface area contributed by atoms with Crippen LogP contribution < -0.4 is 10.6 Å². The predicted octanol–water partition coefficient (Wildman–Crippen LogP) is 2.11. The number of thioether (sulfide) groups is 1. The molecule has 5 nitrogen and oxygen atoms in total. The molecule has 0 spiro atoms. The van der Waals surface area contributed by atoms with Crippen LogP contribution in [0, 0.1) is 5.41 Å². The lowest BCUT2D eigenvalue weighted by atomic mass is 9.82. The van der Waals surface area contributed by atoms with Gasteiger partial charge in [-0.15, -0.1) is 0 Å². The van der Waals surface area contributed by atoms with E-state index in [1.54, 1.807) is 4.68 Å². The van der Waals surface area contributed by atoms with E-state index in [1.165, 1.54) is 12.2 Å². The summed E-state index contributed by atoms with van der Waals surface area (Å²) in [7, 11) is 0. The summed E-state index contributed by atoms with van der Waals surface area (Å²) < 4.78 is 1.71. The molecule has 3 rings (SSSR count). The summed E-state index contributed by atoms with van der Waals surface area (Å²) >= 11 is 2.00. The van der Waals surface area contributed by atoms with E-state index in [9.17, 15) is 4.79 Å². The second kappa shape index (κ2) is 5.91. The average Bonchev–Trinajstić information content (AvgIpc) is 3.11. The van der Waals surface area contributed by atoms with Gasteiger partial charge in [0.2, 0.25) is 5.91 Å². The van der Waals surface area contributed by atoms with Crippen LogP contribution in [0.25, 0.3) is 0 Å². The average molecular weight is 308 g/mol. The highest BCUT2D eigenvalue weighted by molar-refractivity contribution is 7.99. The van der Waals surface area contributed by atoms with Crippen molar-refractivity contribution in [3.63, 3.8) is 0 Å². The Balaban J connectivity index is 1.55. The Morgan fingerprint density at radius 3 is 3.05 bits per heavy atom. The summed E-state index contributed by atoms with van der Waals surface area (Å²) in [5.41, 5.74) is 1.31. The highest BCUT2D eigenvalue weighted by Crippen LogP contribution is 2.35. The molecule has 1 aliphatic heterocycles. The molecule has 1 aromatic heterocycles. The minimum absolute atomic E-state index is 0.0562. The first-order valence-corrected chi connectivity index (χ1v) is 8.84. The van der Waals surface area contributed by atoms with Gasteiger partial charge >= 0.3 is 0 Å². The molecule has 1 amide bonds. The Morgan fingerprint density at radius 2 is 2.33 bits per heavy atom. The topological polar surface area (TPSA) is 59.0 Å². The van der Waals surface area contributed by atoms with Crippen molar-refractivity contribution in [3.8, 4) is 0 Å². The van der Waals surface area contributed by atoms with Gasteiger partial charge < -0.3 is 10.6 Å². The normalized spacial score (nSPS) is 24.6. The molecule has 2 heterocycles. The molecule has 2 fully saturated rings. The number of rotatable bonds is 5. The van der Waals surface area contributed by atoms with E-state index in [2.05, 4.69) is 29.6 Å².